The van der Waals surface area contributed by atoms with E-state index >= 15 is 0 Å². The molecule has 166 valence electrons. The third kappa shape index (κ3) is 3.51. The van der Waals surface area contributed by atoms with E-state index in [1.165, 1.54) is 5.56 Å². The second-order valence-electron chi connectivity index (χ2n) is 8.94. The van der Waals surface area contributed by atoms with Crippen LogP contribution in [-0.4, -0.2) is 40.9 Å². The molecule has 1 unspecified atom stereocenters. The van der Waals surface area contributed by atoms with Gasteiger partial charge >= 0.3 is 5.76 Å². The third-order valence-corrected chi connectivity index (χ3v) is 6.94. The number of aromatic nitrogens is 1. The molecule has 0 saturated carbocycles. The van der Waals surface area contributed by atoms with Gasteiger partial charge < -0.3 is 14.2 Å². The summed E-state index contributed by atoms with van der Waals surface area (Å²) in [6.45, 7) is 5.64. The first kappa shape index (κ1) is 20.5. The number of rotatable bonds is 3. The molecule has 2 amide bonds. The Labute approximate surface area is 186 Å². The van der Waals surface area contributed by atoms with Crippen molar-refractivity contribution in [2.45, 2.75) is 39.2 Å². The van der Waals surface area contributed by atoms with Crippen LogP contribution in [0.5, 0.6) is 0 Å². The van der Waals surface area contributed by atoms with Crippen LogP contribution in [0.3, 0.4) is 0 Å². The van der Waals surface area contributed by atoms with Crippen molar-refractivity contribution in [3.05, 3.63) is 64.1 Å². The zero-order valence-corrected chi connectivity index (χ0v) is 18.4. The molecule has 0 aliphatic carbocycles. The van der Waals surface area contributed by atoms with Gasteiger partial charge in [-0.25, -0.2) is 4.79 Å². The molecule has 2 saturated heterocycles. The van der Waals surface area contributed by atoms with E-state index in [0.29, 0.717) is 38.1 Å². The first-order valence-electron chi connectivity index (χ1n) is 11.2. The number of likely N-dealkylation sites (tertiary alicyclic amines) is 1. The lowest BCUT2D eigenvalue weighted by atomic mass is 10.0. The number of aryl methyl sites for hydroxylation is 2. The molecule has 2 aromatic carbocycles. The Morgan fingerprint density at radius 1 is 1.00 bits per heavy atom. The van der Waals surface area contributed by atoms with Gasteiger partial charge in [0.15, 0.2) is 5.58 Å². The average molecular weight is 434 g/mol. The summed E-state index contributed by atoms with van der Waals surface area (Å²) in [5.74, 6) is -0.634. The molecular weight excluding hydrogens is 406 g/mol. The number of anilines is 1. The van der Waals surface area contributed by atoms with E-state index in [9.17, 15) is 14.4 Å². The van der Waals surface area contributed by atoms with Crippen LogP contribution in [0.25, 0.3) is 11.1 Å². The first-order valence-corrected chi connectivity index (χ1v) is 11.2. The van der Waals surface area contributed by atoms with Crippen LogP contribution in [0.4, 0.5) is 5.69 Å². The van der Waals surface area contributed by atoms with E-state index in [1.807, 2.05) is 55.1 Å². The van der Waals surface area contributed by atoms with Crippen LogP contribution in [0.2, 0.25) is 0 Å². The number of hydrogen-bond donors (Lipinski definition) is 0. The van der Waals surface area contributed by atoms with Crippen LogP contribution in [-0.2, 0) is 9.59 Å². The number of oxazole rings is 1. The van der Waals surface area contributed by atoms with Crippen LogP contribution >= 0.6 is 0 Å². The third-order valence-electron chi connectivity index (χ3n) is 6.94. The number of hydrogen-bond acceptors (Lipinski definition) is 4. The lowest BCUT2D eigenvalue weighted by molar-refractivity contribution is -0.137. The summed E-state index contributed by atoms with van der Waals surface area (Å²) in [7, 11) is 0. The van der Waals surface area contributed by atoms with E-state index in [2.05, 4.69) is 0 Å². The highest BCUT2D eigenvalue weighted by atomic mass is 16.4. The van der Waals surface area contributed by atoms with Crippen molar-refractivity contribution in [3.8, 4) is 0 Å². The molecule has 3 aromatic rings. The standard InChI is InChI=1S/C25H27N3O4/c1-16-7-8-20(13-17(16)2)27-15-18(14-23(27)29)24(30)26-11-9-19(10-12-26)28-21-5-3-4-6-22(21)32-25(28)31/h3-8,13,18-19H,9-12,14-15H2,1-2H3. The minimum absolute atomic E-state index is 0.00194. The van der Waals surface area contributed by atoms with E-state index in [0.717, 1.165) is 16.8 Å². The minimum Gasteiger partial charge on any atom is -0.408 e. The summed E-state index contributed by atoms with van der Waals surface area (Å²) in [5.41, 5.74) is 4.56. The summed E-state index contributed by atoms with van der Waals surface area (Å²) in [6.07, 6.45) is 1.63. The second kappa shape index (κ2) is 7.97. The van der Waals surface area contributed by atoms with Crippen molar-refractivity contribution in [2.75, 3.05) is 24.5 Å². The second-order valence-corrected chi connectivity index (χ2v) is 8.94. The molecule has 5 rings (SSSR count). The van der Waals surface area contributed by atoms with Gasteiger partial charge in [-0.2, -0.15) is 0 Å². The summed E-state index contributed by atoms with van der Waals surface area (Å²) >= 11 is 0. The molecule has 3 heterocycles. The molecule has 0 bridgehead atoms. The number of carbonyl (C=O) groups excluding carboxylic acids is 2. The van der Waals surface area contributed by atoms with Gasteiger partial charge in [-0.3, -0.25) is 14.2 Å². The minimum atomic E-state index is -0.346. The van der Waals surface area contributed by atoms with Crippen molar-refractivity contribution in [1.82, 2.24) is 9.47 Å². The maximum absolute atomic E-state index is 13.2. The molecular formula is C25H27N3O4. The molecule has 2 aliphatic rings. The molecule has 2 fully saturated rings. The number of carbonyl (C=O) groups is 2. The molecule has 1 aromatic heterocycles. The Balaban J connectivity index is 1.26. The first-order chi connectivity index (χ1) is 15.4. The van der Waals surface area contributed by atoms with Crippen molar-refractivity contribution >= 4 is 28.6 Å². The lowest BCUT2D eigenvalue weighted by Gasteiger charge is -2.33. The fourth-order valence-corrected chi connectivity index (χ4v) is 4.95. The van der Waals surface area contributed by atoms with E-state index in [-0.39, 0.29) is 36.0 Å². The van der Waals surface area contributed by atoms with Crippen molar-refractivity contribution in [3.63, 3.8) is 0 Å². The monoisotopic (exact) mass is 433 g/mol. The van der Waals surface area contributed by atoms with Crippen LogP contribution in [0.15, 0.2) is 51.7 Å². The fourth-order valence-electron chi connectivity index (χ4n) is 4.95. The number of para-hydroxylation sites is 2. The van der Waals surface area contributed by atoms with Crippen molar-refractivity contribution in [1.29, 1.82) is 0 Å². The van der Waals surface area contributed by atoms with Crippen molar-refractivity contribution < 1.29 is 14.0 Å². The Kier molecular flexibility index (Phi) is 5.12. The zero-order valence-electron chi connectivity index (χ0n) is 18.4. The van der Waals surface area contributed by atoms with Crippen molar-refractivity contribution in [2.24, 2.45) is 5.92 Å². The molecule has 7 heteroatoms. The van der Waals surface area contributed by atoms with Gasteiger partial charge in [-0.05, 0) is 62.1 Å². The van der Waals surface area contributed by atoms with Crippen LogP contribution in [0, 0.1) is 19.8 Å². The molecule has 7 nitrogen and oxygen atoms in total. The topological polar surface area (TPSA) is 75.8 Å². The smallest absolute Gasteiger partial charge is 0.408 e. The van der Waals surface area contributed by atoms with Gasteiger partial charge in [0.1, 0.15) is 0 Å². The highest BCUT2D eigenvalue weighted by molar-refractivity contribution is 6.00. The zero-order chi connectivity index (χ0) is 22.4. The predicted molar refractivity (Wildman–Crippen MR) is 122 cm³/mol. The van der Waals surface area contributed by atoms with Gasteiger partial charge in [-0.1, -0.05) is 18.2 Å². The van der Waals surface area contributed by atoms with Crippen LogP contribution < -0.4 is 10.7 Å². The van der Waals surface area contributed by atoms with Crippen LogP contribution in [0.1, 0.15) is 36.4 Å². The Bertz CT molecular complexity index is 1250. The Morgan fingerprint density at radius 3 is 2.50 bits per heavy atom. The molecule has 1 atom stereocenters. The number of benzene rings is 2. The largest absolute Gasteiger partial charge is 0.420 e. The normalized spacial score (nSPS) is 19.8. The number of nitrogens with zero attached hydrogens (tertiary/aromatic N) is 3. The highest BCUT2D eigenvalue weighted by Gasteiger charge is 2.38. The number of fused-ring (bicyclic) bond motifs is 1. The highest BCUT2D eigenvalue weighted by Crippen LogP contribution is 2.30. The van der Waals surface area contributed by atoms with Gasteiger partial charge in [0.2, 0.25) is 11.8 Å². The molecule has 0 radical (unpaired) electrons. The Morgan fingerprint density at radius 2 is 1.75 bits per heavy atom. The Hall–Kier alpha value is -3.35. The molecule has 32 heavy (non-hydrogen) atoms. The summed E-state index contributed by atoms with van der Waals surface area (Å²) in [5, 5.41) is 0. The van der Waals surface area contributed by atoms with Gasteiger partial charge in [-0.15, -0.1) is 0 Å². The maximum Gasteiger partial charge on any atom is 0.420 e. The fraction of sp³-hybridized carbons (Fsp3) is 0.400. The van der Waals surface area contributed by atoms with Gasteiger partial charge in [0.05, 0.1) is 11.4 Å². The number of amides is 2. The van der Waals surface area contributed by atoms with Gasteiger partial charge in [0.25, 0.3) is 0 Å². The molecule has 0 spiro atoms. The summed E-state index contributed by atoms with van der Waals surface area (Å²) in [6, 6.07) is 13.4. The lowest BCUT2D eigenvalue weighted by Crippen LogP contribution is -2.43. The van der Waals surface area contributed by atoms with Gasteiger partial charge in [0, 0.05) is 37.8 Å². The number of piperidine rings is 1. The van der Waals surface area contributed by atoms with E-state index in [1.54, 1.807) is 15.5 Å². The maximum atomic E-state index is 13.2. The SMILES string of the molecule is Cc1ccc(N2CC(C(=O)N3CCC(n4c(=O)oc5ccccc54)CC3)CC2=O)cc1C. The predicted octanol–water partition coefficient (Wildman–Crippen LogP) is 3.43. The van der Waals surface area contributed by atoms with E-state index in [4.69, 9.17) is 4.42 Å². The summed E-state index contributed by atoms with van der Waals surface area (Å²) < 4.78 is 7.09. The van der Waals surface area contributed by atoms with E-state index < -0.39 is 0 Å². The summed E-state index contributed by atoms with van der Waals surface area (Å²) in [4.78, 5) is 41.8. The average Bonchev–Trinajstić information content (AvgIpc) is 3.34. The quantitative estimate of drug-likeness (QED) is 0.634. The molecule has 0 N–H and O–H groups in total. The molecule has 2 aliphatic heterocycles.